The number of amides is 1. The smallest absolute Gasteiger partial charge is 0.222 e. The number of likely N-dealkylation sites (tertiary alicyclic amines) is 1. The first-order valence-corrected chi connectivity index (χ1v) is 13.8. The maximum atomic E-state index is 12.7. The normalized spacial score (nSPS) is 24.9. The van der Waals surface area contributed by atoms with Crippen LogP contribution in [0.4, 0.5) is 5.69 Å². The van der Waals surface area contributed by atoms with Crippen molar-refractivity contribution in [2.45, 2.75) is 69.4 Å². The first-order valence-electron chi connectivity index (χ1n) is 13.8. The SMILES string of the molecule is O=C(CC1NNc2ccccc21)NC1CCC(CCN2CCC(c3coc4ccccc34)CC2)CC1. The number of fused-ring (bicyclic) bond motifs is 2. The predicted octanol–water partition coefficient (Wildman–Crippen LogP) is 5.74. The standard InChI is InChI=1S/C30H38N4O2/c35-30(19-28-25-6-1-3-7-27(25)32-33-28)31-23-11-9-21(10-12-23)13-16-34-17-14-22(15-18-34)26-20-36-29-8-4-2-5-24(26)29/h1-8,20-23,28,32-33H,9-19H2,(H,31,35). The number of benzene rings is 2. The van der Waals surface area contributed by atoms with Gasteiger partial charge < -0.3 is 20.1 Å². The second kappa shape index (κ2) is 10.7. The van der Waals surface area contributed by atoms with E-state index in [2.05, 4.69) is 45.3 Å². The zero-order valence-corrected chi connectivity index (χ0v) is 21.0. The molecule has 0 spiro atoms. The summed E-state index contributed by atoms with van der Waals surface area (Å²) in [7, 11) is 0. The van der Waals surface area contributed by atoms with E-state index in [4.69, 9.17) is 4.42 Å². The Kier molecular flexibility index (Phi) is 6.97. The summed E-state index contributed by atoms with van der Waals surface area (Å²) in [6.45, 7) is 3.58. The van der Waals surface area contributed by atoms with E-state index in [0.717, 1.165) is 30.0 Å². The van der Waals surface area contributed by atoms with Crippen molar-refractivity contribution in [2.24, 2.45) is 5.92 Å². The van der Waals surface area contributed by atoms with Crippen molar-refractivity contribution in [3.8, 4) is 0 Å². The van der Waals surface area contributed by atoms with E-state index in [9.17, 15) is 4.79 Å². The molecular formula is C30H38N4O2. The number of carbonyl (C=O) groups is 1. The van der Waals surface area contributed by atoms with E-state index in [1.807, 2.05) is 30.5 Å². The summed E-state index contributed by atoms with van der Waals surface area (Å²) in [5, 5.41) is 4.60. The Bertz CT molecular complexity index is 1170. The van der Waals surface area contributed by atoms with Crippen LogP contribution in [-0.2, 0) is 4.79 Å². The van der Waals surface area contributed by atoms with Crippen LogP contribution in [0, 0.1) is 5.92 Å². The topological polar surface area (TPSA) is 69.5 Å². The average molecular weight is 487 g/mol. The van der Waals surface area contributed by atoms with Crippen molar-refractivity contribution in [2.75, 3.05) is 25.1 Å². The number of hydrazine groups is 1. The molecule has 6 nitrogen and oxygen atoms in total. The number of carbonyl (C=O) groups excluding carboxylic acids is 1. The fraction of sp³-hybridized carbons (Fsp3) is 0.500. The minimum Gasteiger partial charge on any atom is -0.464 e. The van der Waals surface area contributed by atoms with Gasteiger partial charge in [-0.05, 0) is 94.1 Å². The molecule has 2 aromatic carbocycles. The zero-order valence-electron chi connectivity index (χ0n) is 21.0. The lowest BCUT2D eigenvalue weighted by molar-refractivity contribution is -0.122. The molecule has 3 aromatic rings. The second-order valence-corrected chi connectivity index (χ2v) is 11.0. The Morgan fingerprint density at radius 2 is 1.72 bits per heavy atom. The quantitative estimate of drug-likeness (QED) is 0.397. The van der Waals surface area contributed by atoms with Crippen molar-refractivity contribution in [1.82, 2.24) is 15.6 Å². The molecule has 0 bridgehead atoms. The van der Waals surface area contributed by atoms with Crippen molar-refractivity contribution < 1.29 is 9.21 Å². The number of furan rings is 1. The van der Waals surface area contributed by atoms with Crippen molar-refractivity contribution in [3.63, 3.8) is 0 Å². The van der Waals surface area contributed by atoms with Gasteiger partial charge in [0.15, 0.2) is 0 Å². The zero-order chi connectivity index (χ0) is 24.3. The van der Waals surface area contributed by atoms with Crippen LogP contribution in [0.25, 0.3) is 11.0 Å². The molecule has 1 saturated heterocycles. The summed E-state index contributed by atoms with van der Waals surface area (Å²) in [6.07, 6.45) is 10.9. The van der Waals surface area contributed by atoms with Gasteiger partial charge in [0, 0.05) is 23.4 Å². The van der Waals surface area contributed by atoms with Gasteiger partial charge in [-0.15, -0.1) is 0 Å². The fourth-order valence-corrected chi connectivity index (χ4v) is 6.53. The molecule has 1 atom stereocenters. The lowest BCUT2D eigenvalue weighted by atomic mass is 9.83. The summed E-state index contributed by atoms with van der Waals surface area (Å²) in [6, 6.07) is 17.0. The number of para-hydroxylation sites is 2. The molecule has 2 aliphatic heterocycles. The molecule has 1 saturated carbocycles. The molecule has 1 aromatic heterocycles. The Balaban J connectivity index is 0.896. The van der Waals surface area contributed by atoms with Crippen LogP contribution in [0.3, 0.4) is 0 Å². The molecule has 6 heteroatoms. The molecule has 190 valence electrons. The molecule has 1 amide bonds. The monoisotopic (exact) mass is 486 g/mol. The highest BCUT2D eigenvalue weighted by molar-refractivity contribution is 5.81. The maximum Gasteiger partial charge on any atom is 0.222 e. The molecule has 3 heterocycles. The molecule has 1 aliphatic carbocycles. The van der Waals surface area contributed by atoms with Crippen LogP contribution in [0.1, 0.15) is 74.5 Å². The first-order chi connectivity index (χ1) is 17.7. The third kappa shape index (κ3) is 5.16. The lowest BCUT2D eigenvalue weighted by Crippen LogP contribution is -2.39. The summed E-state index contributed by atoms with van der Waals surface area (Å²) >= 11 is 0. The third-order valence-corrected chi connectivity index (χ3v) is 8.71. The average Bonchev–Trinajstić information content (AvgIpc) is 3.53. The van der Waals surface area contributed by atoms with Crippen LogP contribution in [-0.4, -0.2) is 36.5 Å². The van der Waals surface area contributed by atoms with E-state index in [0.29, 0.717) is 18.4 Å². The molecule has 2 fully saturated rings. The molecule has 6 rings (SSSR count). The molecule has 3 aliphatic rings. The second-order valence-electron chi connectivity index (χ2n) is 11.0. The minimum atomic E-state index is 0.0499. The molecule has 3 N–H and O–H groups in total. The highest BCUT2D eigenvalue weighted by Gasteiger charge is 2.28. The van der Waals surface area contributed by atoms with Gasteiger partial charge in [-0.2, -0.15) is 0 Å². The first kappa shape index (κ1) is 23.6. The van der Waals surface area contributed by atoms with Gasteiger partial charge >= 0.3 is 0 Å². The number of anilines is 1. The lowest BCUT2D eigenvalue weighted by Gasteiger charge is -2.34. The highest BCUT2D eigenvalue weighted by Crippen LogP contribution is 2.35. The summed E-state index contributed by atoms with van der Waals surface area (Å²) in [5.74, 6) is 1.57. The predicted molar refractivity (Wildman–Crippen MR) is 144 cm³/mol. The van der Waals surface area contributed by atoms with Crippen molar-refractivity contribution in [3.05, 3.63) is 65.9 Å². The maximum absolute atomic E-state index is 12.7. The largest absolute Gasteiger partial charge is 0.464 e. The van der Waals surface area contributed by atoms with E-state index in [1.54, 1.807) is 0 Å². The number of hydrogen-bond donors (Lipinski definition) is 3. The molecule has 0 radical (unpaired) electrons. The fourth-order valence-electron chi connectivity index (χ4n) is 6.53. The molecule has 1 unspecified atom stereocenters. The molecule has 36 heavy (non-hydrogen) atoms. The Morgan fingerprint density at radius 1 is 0.944 bits per heavy atom. The van der Waals surface area contributed by atoms with E-state index in [1.165, 1.54) is 68.3 Å². The summed E-state index contributed by atoms with van der Waals surface area (Å²) in [4.78, 5) is 15.3. The third-order valence-electron chi connectivity index (χ3n) is 8.71. The van der Waals surface area contributed by atoms with Crippen LogP contribution in [0.15, 0.2) is 59.2 Å². The Labute approximate surface area is 213 Å². The van der Waals surface area contributed by atoms with Gasteiger partial charge in [-0.1, -0.05) is 36.4 Å². The number of nitrogens with zero attached hydrogens (tertiary/aromatic N) is 1. The highest BCUT2D eigenvalue weighted by atomic mass is 16.3. The van der Waals surface area contributed by atoms with Gasteiger partial charge in [0.25, 0.3) is 0 Å². The van der Waals surface area contributed by atoms with Crippen LogP contribution >= 0.6 is 0 Å². The summed E-state index contributed by atoms with van der Waals surface area (Å²) < 4.78 is 5.79. The van der Waals surface area contributed by atoms with Crippen molar-refractivity contribution in [1.29, 1.82) is 0 Å². The van der Waals surface area contributed by atoms with E-state index in [-0.39, 0.29) is 11.9 Å². The minimum absolute atomic E-state index is 0.0499. The number of rotatable bonds is 7. The van der Waals surface area contributed by atoms with Crippen LogP contribution < -0.4 is 16.2 Å². The number of piperidine rings is 1. The van der Waals surface area contributed by atoms with Gasteiger partial charge in [0.05, 0.1) is 18.0 Å². The van der Waals surface area contributed by atoms with Gasteiger partial charge in [-0.25, -0.2) is 5.43 Å². The van der Waals surface area contributed by atoms with Crippen molar-refractivity contribution >= 4 is 22.6 Å². The summed E-state index contributed by atoms with van der Waals surface area (Å²) in [5.41, 5.74) is 11.1. The number of nitrogens with one attached hydrogen (secondary N) is 3. The Hall–Kier alpha value is -2.83. The Morgan fingerprint density at radius 3 is 2.58 bits per heavy atom. The van der Waals surface area contributed by atoms with E-state index < -0.39 is 0 Å². The van der Waals surface area contributed by atoms with Gasteiger partial charge in [0.1, 0.15) is 5.58 Å². The van der Waals surface area contributed by atoms with E-state index >= 15 is 0 Å². The molecular weight excluding hydrogens is 448 g/mol. The van der Waals surface area contributed by atoms with Crippen LogP contribution in [0.2, 0.25) is 0 Å². The number of hydrogen-bond acceptors (Lipinski definition) is 5. The van der Waals surface area contributed by atoms with Gasteiger partial charge in [0.2, 0.25) is 5.91 Å². The van der Waals surface area contributed by atoms with Gasteiger partial charge in [-0.3, -0.25) is 4.79 Å². The van der Waals surface area contributed by atoms with Crippen LogP contribution in [0.5, 0.6) is 0 Å².